The Balaban J connectivity index is 0.00000192. The molecule has 7 heteroatoms. The van der Waals surface area contributed by atoms with Crippen LogP contribution in [0.1, 0.15) is 12.0 Å². The minimum atomic E-state index is -0.451. The summed E-state index contributed by atoms with van der Waals surface area (Å²) in [4.78, 5) is 5.90. The Morgan fingerprint density at radius 2 is 2.09 bits per heavy atom. The van der Waals surface area contributed by atoms with Crippen molar-refractivity contribution in [2.75, 3.05) is 18.0 Å². The van der Waals surface area contributed by atoms with Gasteiger partial charge < -0.3 is 10.2 Å². The molecule has 1 aromatic carbocycles. The first-order valence-electron chi connectivity index (χ1n) is 7.15. The van der Waals surface area contributed by atoms with Crippen LogP contribution in [0.15, 0.2) is 36.5 Å². The molecule has 2 aromatic rings. The number of nitrogens with zero attached hydrogens (tertiary/aromatic N) is 2. The third-order valence-corrected chi connectivity index (χ3v) is 4.46. The molecule has 0 aliphatic carbocycles. The summed E-state index contributed by atoms with van der Waals surface area (Å²) >= 11 is 12.2. The number of nitrogens with one attached hydrogen (secondary N) is 1. The van der Waals surface area contributed by atoms with E-state index in [1.165, 1.54) is 6.07 Å². The van der Waals surface area contributed by atoms with Crippen LogP contribution in [0.5, 0.6) is 0 Å². The number of aromatic nitrogens is 1. The molecule has 0 bridgehead atoms. The van der Waals surface area contributed by atoms with Gasteiger partial charge in [0.25, 0.3) is 0 Å². The third kappa shape index (κ3) is 4.70. The minimum Gasteiger partial charge on any atom is -0.369 e. The second-order valence-corrected chi connectivity index (χ2v) is 6.23. The van der Waals surface area contributed by atoms with E-state index in [1.54, 1.807) is 18.3 Å². The topological polar surface area (TPSA) is 28.2 Å². The summed E-state index contributed by atoms with van der Waals surface area (Å²) in [5.74, 6) is -0.451. The molecule has 0 radical (unpaired) electrons. The van der Waals surface area contributed by atoms with E-state index in [1.807, 2.05) is 12.1 Å². The van der Waals surface area contributed by atoms with E-state index in [-0.39, 0.29) is 12.4 Å². The van der Waals surface area contributed by atoms with Gasteiger partial charge in [-0.15, -0.1) is 12.4 Å². The highest BCUT2D eigenvalue weighted by Gasteiger charge is 2.22. The molecule has 1 aliphatic rings. The molecular formula is C16H17Cl3FN3. The van der Waals surface area contributed by atoms with E-state index in [0.717, 1.165) is 35.8 Å². The predicted molar refractivity (Wildman–Crippen MR) is 95.4 cm³/mol. The molecule has 1 aliphatic heterocycles. The number of pyridine rings is 1. The fourth-order valence-electron chi connectivity index (χ4n) is 2.65. The Morgan fingerprint density at radius 1 is 1.26 bits per heavy atom. The van der Waals surface area contributed by atoms with E-state index in [9.17, 15) is 4.39 Å². The fourth-order valence-corrected chi connectivity index (χ4v) is 3.03. The van der Waals surface area contributed by atoms with Crippen molar-refractivity contribution in [2.45, 2.75) is 19.0 Å². The first kappa shape index (κ1) is 18.3. The lowest BCUT2D eigenvalue weighted by Gasteiger charge is -2.18. The van der Waals surface area contributed by atoms with Crippen LogP contribution in [0.2, 0.25) is 10.0 Å². The lowest BCUT2D eigenvalue weighted by molar-refractivity contribution is 0.551. The van der Waals surface area contributed by atoms with Gasteiger partial charge in [-0.2, -0.15) is 4.39 Å². The van der Waals surface area contributed by atoms with Gasteiger partial charge in [0.05, 0.1) is 11.9 Å². The lowest BCUT2D eigenvalue weighted by atomic mass is 10.2. The molecule has 1 aromatic heterocycles. The summed E-state index contributed by atoms with van der Waals surface area (Å²) in [6.45, 7) is 2.47. The molecule has 0 amide bonds. The quantitative estimate of drug-likeness (QED) is 0.806. The minimum absolute atomic E-state index is 0. The number of benzene rings is 1. The normalized spacial score (nSPS) is 17.2. The molecule has 1 saturated heterocycles. The number of hydrogen-bond acceptors (Lipinski definition) is 3. The smallest absolute Gasteiger partial charge is 0.212 e. The second-order valence-electron chi connectivity index (χ2n) is 5.39. The molecular weight excluding hydrogens is 360 g/mol. The lowest BCUT2D eigenvalue weighted by Crippen LogP contribution is -2.32. The standard InChI is InChI=1S/C16H16Cl2FN3.ClH/c17-12-1-3-15(18)11(7-12)8-20-13-5-6-22(10-13)14-2-4-16(19)21-9-14;/h1-4,7,9,13,20H,5-6,8,10H2;1H/t13-;/m0./s1. The Labute approximate surface area is 151 Å². The van der Waals surface area contributed by atoms with Gasteiger partial charge in [0.15, 0.2) is 0 Å². The van der Waals surface area contributed by atoms with Crippen LogP contribution in [0.25, 0.3) is 0 Å². The summed E-state index contributed by atoms with van der Waals surface area (Å²) in [6, 6.07) is 8.99. The van der Waals surface area contributed by atoms with Crippen molar-refractivity contribution in [3.63, 3.8) is 0 Å². The monoisotopic (exact) mass is 375 g/mol. The molecule has 0 saturated carbocycles. The van der Waals surface area contributed by atoms with Crippen molar-refractivity contribution in [1.82, 2.24) is 10.3 Å². The maximum Gasteiger partial charge on any atom is 0.212 e. The molecule has 0 unspecified atom stereocenters. The van der Waals surface area contributed by atoms with Crippen LogP contribution in [0.3, 0.4) is 0 Å². The average molecular weight is 377 g/mol. The van der Waals surface area contributed by atoms with Gasteiger partial charge in [-0.05, 0) is 42.3 Å². The fraction of sp³-hybridized carbons (Fsp3) is 0.312. The maximum atomic E-state index is 12.9. The molecule has 1 atom stereocenters. The van der Waals surface area contributed by atoms with Gasteiger partial charge in [-0.3, -0.25) is 0 Å². The van der Waals surface area contributed by atoms with Crippen LogP contribution in [-0.4, -0.2) is 24.1 Å². The van der Waals surface area contributed by atoms with Crippen molar-refractivity contribution >= 4 is 41.3 Å². The number of hydrogen-bond donors (Lipinski definition) is 1. The highest BCUT2D eigenvalue weighted by molar-refractivity contribution is 6.33. The molecule has 1 N–H and O–H groups in total. The highest BCUT2D eigenvalue weighted by atomic mass is 35.5. The Kier molecular flexibility index (Phi) is 6.48. The molecule has 124 valence electrons. The summed E-state index contributed by atoms with van der Waals surface area (Å²) in [5.41, 5.74) is 1.95. The van der Waals surface area contributed by atoms with Gasteiger partial charge in [0, 0.05) is 35.7 Å². The van der Waals surface area contributed by atoms with E-state index >= 15 is 0 Å². The zero-order valence-electron chi connectivity index (χ0n) is 12.3. The summed E-state index contributed by atoms with van der Waals surface area (Å²) < 4.78 is 12.9. The van der Waals surface area contributed by atoms with Crippen molar-refractivity contribution in [2.24, 2.45) is 0 Å². The zero-order chi connectivity index (χ0) is 15.5. The van der Waals surface area contributed by atoms with Crippen LogP contribution >= 0.6 is 35.6 Å². The van der Waals surface area contributed by atoms with Crippen LogP contribution in [-0.2, 0) is 6.54 Å². The Bertz CT molecular complexity index is 652. The average Bonchev–Trinajstić information content (AvgIpc) is 2.98. The first-order chi connectivity index (χ1) is 10.6. The SMILES string of the molecule is Cl.Fc1ccc(N2CC[C@H](NCc3cc(Cl)ccc3Cl)C2)cn1. The van der Waals surface area contributed by atoms with Crippen molar-refractivity contribution in [1.29, 1.82) is 0 Å². The van der Waals surface area contributed by atoms with Crippen molar-refractivity contribution < 1.29 is 4.39 Å². The van der Waals surface area contributed by atoms with E-state index in [4.69, 9.17) is 23.2 Å². The van der Waals surface area contributed by atoms with Crippen LogP contribution in [0, 0.1) is 5.95 Å². The number of anilines is 1. The van der Waals surface area contributed by atoms with Crippen LogP contribution in [0.4, 0.5) is 10.1 Å². The molecule has 2 heterocycles. The molecule has 23 heavy (non-hydrogen) atoms. The zero-order valence-corrected chi connectivity index (χ0v) is 14.6. The second kappa shape index (κ2) is 8.15. The molecule has 0 spiro atoms. The van der Waals surface area contributed by atoms with Crippen molar-refractivity contribution in [3.8, 4) is 0 Å². The number of halogens is 4. The van der Waals surface area contributed by atoms with Gasteiger partial charge in [-0.1, -0.05) is 23.2 Å². The van der Waals surface area contributed by atoms with Gasteiger partial charge in [0.1, 0.15) is 0 Å². The van der Waals surface area contributed by atoms with Gasteiger partial charge in [-0.25, -0.2) is 4.98 Å². The molecule has 3 rings (SSSR count). The van der Waals surface area contributed by atoms with Crippen molar-refractivity contribution in [3.05, 3.63) is 58.1 Å². The summed E-state index contributed by atoms with van der Waals surface area (Å²) in [6.07, 6.45) is 2.60. The summed E-state index contributed by atoms with van der Waals surface area (Å²) in [5, 5.41) is 4.90. The van der Waals surface area contributed by atoms with E-state index < -0.39 is 5.95 Å². The van der Waals surface area contributed by atoms with Crippen LogP contribution < -0.4 is 10.2 Å². The molecule has 3 nitrogen and oxygen atoms in total. The van der Waals surface area contributed by atoms with E-state index in [2.05, 4.69) is 15.2 Å². The molecule has 1 fully saturated rings. The van der Waals surface area contributed by atoms with E-state index in [0.29, 0.717) is 17.6 Å². The third-order valence-electron chi connectivity index (χ3n) is 3.85. The van der Waals surface area contributed by atoms with Gasteiger partial charge >= 0.3 is 0 Å². The Hall–Kier alpha value is -1.07. The largest absolute Gasteiger partial charge is 0.369 e. The van der Waals surface area contributed by atoms with Gasteiger partial charge in [0.2, 0.25) is 5.95 Å². The first-order valence-corrected chi connectivity index (χ1v) is 7.91. The Morgan fingerprint density at radius 3 is 2.83 bits per heavy atom. The summed E-state index contributed by atoms with van der Waals surface area (Å²) in [7, 11) is 0. The number of rotatable bonds is 4. The highest BCUT2D eigenvalue weighted by Crippen LogP contribution is 2.22. The predicted octanol–water partition coefficient (Wildman–Crippen LogP) is 4.32. The maximum absolute atomic E-state index is 12.9.